The monoisotopic (exact) mass is 174 g/mol. The molecule has 1 aliphatic rings. The summed E-state index contributed by atoms with van der Waals surface area (Å²) >= 11 is 0. The smallest absolute Gasteiger partial charge is 0.166 e. The molecule has 0 spiro atoms. The zero-order valence-electron chi connectivity index (χ0n) is 7.41. The SMILES string of the molecule is COCCOC1CC(=O)C1OC. The molecular formula is C8H14O4. The van der Waals surface area contributed by atoms with Gasteiger partial charge in [0.1, 0.15) is 6.10 Å². The summed E-state index contributed by atoms with van der Waals surface area (Å²) in [6.07, 6.45) is 0.0712. The van der Waals surface area contributed by atoms with Crippen LogP contribution in [-0.2, 0) is 19.0 Å². The third-order valence-corrected chi connectivity index (χ3v) is 1.93. The molecule has 0 aromatic carbocycles. The Balaban J connectivity index is 2.13. The van der Waals surface area contributed by atoms with Crippen molar-refractivity contribution in [1.82, 2.24) is 0 Å². The number of rotatable bonds is 5. The third kappa shape index (κ3) is 2.03. The molecule has 4 heteroatoms. The van der Waals surface area contributed by atoms with Crippen molar-refractivity contribution in [2.75, 3.05) is 27.4 Å². The van der Waals surface area contributed by atoms with Crippen LogP contribution in [0, 0.1) is 0 Å². The van der Waals surface area contributed by atoms with Crippen LogP contribution in [0.5, 0.6) is 0 Å². The van der Waals surface area contributed by atoms with E-state index in [1.807, 2.05) is 0 Å². The van der Waals surface area contributed by atoms with Gasteiger partial charge in [-0.15, -0.1) is 0 Å². The van der Waals surface area contributed by atoms with Gasteiger partial charge >= 0.3 is 0 Å². The summed E-state index contributed by atoms with van der Waals surface area (Å²) in [7, 11) is 3.14. The van der Waals surface area contributed by atoms with Crippen LogP contribution in [0.25, 0.3) is 0 Å². The maximum atomic E-state index is 10.9. The molecule has 0 aromatic rings. The quantitative estimate of drug-likeness (QED) is 0.550. The van der Waals surface area contributed by atoms with Gasteiger partial charge in [0.05, 0.1) is 19.3 Å². The molecule has 70 valence electrons. The number of Topliss-reactive ketones (excluding diaryl/α,β-unsaturated/α-hetero) is 1. The summed E-state index contributed by atoms with van der Waals surface area (Å²) in [5.74, 6) is 0.125. The largest absolute Gasteiger partial charge is 0.382 e. The molecule has 0 N–H and O–H groups in total. The number of hydrogen-bond acceptors (Lipinski definition) is 4. The minimum absolute atomic E-state index is 0.0577. The Kier molecular flexibility index (Phi) is 3.65. The van der Waals surface area contributed by atoms with Gasteiger partial charge in [-0.25, -0.2) is 0 Å². The normalized spacial score (nSPS) is 28.7. The molecule has 0 aromatic heterocycles. The second-order valence-electron chi connectivity index (χ2n) is 2.73. The van der Waals surface area contributed by atoms with Crippen molar-refractivity contribution < 1.29 is 19.0 Å². The first-order valence-corrected chi connectivity index (χ1v) is 3.95. The number of ether oxygens (including phenoxy) is 3. The Hall–Kier alpha value is -0.450. The highest BCUT2D eigenvalue weighted by Crippen LogP contribution is 2.21. The first-order chi connectivity index (χ1) is 5.79. The minimum Gasteiger partial charge on any atom is -0.382 e. The van der Waals surface area contributed by atoms with E-state index in [1.165, 1.54) is 7.11 Å². The van der Waals surface area contributed by atoms with Gasteiger partial charge in [0.15, 0.2) is 5.78 Å². The summed E-state index contributed by atoms with van der Waals surface area (Å²) in [5, 5.41) is 0. The van der Waals surface area contributed by atoms with Crippen LogP contribution < -0.4 is 0 Å². The van der Waals surface area contributed by atoms with Crippen LogP contribution in [0.3, 0.4) is 0 Å². The molecule has 1 saturated carbocycles. The minimum atomic E-state index is -0.346. The highest BCUT2D eigenvalue weighted by atomic mass is 16.6. The van der Waals surface area contributed by atoms with E-state index in [9.17, 15) is 4.79 Å². The predicted molar refractivity (Wildman–Crippen MR) is 42.0 cm³/mol. The number of methoxy groups -OCH3 is 2. The van der Waals surface area contributed by atoms with Gasteiger partial charge in [-0.1, -0.05) is 0 Å². The number of carbonyl (C=O) groups is 1. The molecule has 4 nitrogen and oxygen atoms in total. The number of carbonyl (C=O) groups excluding carboxylic acids is 1. The Labute approximate surface area is 71.8 Å². The van der Waals surface area contributed by atoms with Crippen molar-refractivity contribution in [3.63, 3.8) is 0 Å². The van der Waals surface area contributed by atoms with Gasteiger partial charge < -0.3 is 14.2 Å². The van der Waals surface area contributed by atoms with E-state index in [1.54, 1.807) is 7.11 Å². The van der Waals surface area contributed by atoms with Crippen molar-refractivity contribution in [1.29, 1.82) is 0 Å². The molecule has 2 unspecified atom stereocenters. The summed E-state index contributed by atoms with van der Waals surface area (Å²) in [6, 6.07) is 0. The second-order valence-corrected chi connectivity index (χ2v) is 2.73. The highest BCUT2D eigenvalue weighted by molar-refractivity contribution is 5.90. The summed E-state index contributed by atoms with van der Waals surface area (Å²) in [4.78, 5) is 10.9. The topological polar surface area (TPSA) is 44.8 Å². The second kappa shape index (κ2) is 4.54. The van der Waals surface area contributed by atoms with Crippen LogP contribution >= 0.6 is 0 Å². The number of hydrogen-bond donors (Lipinski definition) is 0. The van der Waals surface area contributed by atoms with Crippen LogP contribution in [-0.4, -0.2) is 45.4 Å². The molecule has 0 aliphatic heterocycles. The standard InChI is InChI=1S/C8H14O4/c1-10-3-4-12-7-5-6(9)8(7)11-2/h7-8H,3-5H2,1-2H3. The van der Waals surface area contributed by atoms with E-state index < -0.39 is 0 Å². The first kappa shape index (κ1) is 9.64. The van der Waals surface area contributed by atoms with Gasteiger partial charge in [0.2, 0.25) is 0 Å². The summed E-state index contributed by atoms with van der Waals surface area (Å²) < 4.78 is 15.1. The zero-order valence-corrected chi connectivity index (χ0v) is 7.41. The average Bonchev–Trinajstić information content (AvgIpc) is 2.04. The molecule has 0 saturated heterocycles. The lowest BCUT2D eigenvalue weighted by molar-refractivity contribution is -0.162. The molecular weight excluding hydrogens is 160 g/mol. The Morgan fingerprint density at radius 2 is 2.17 bits per heavy atom. The molecule has 0 heterocycles. The van der Waals surface area contributed by atoms with Crippen molar-refractivity contribution in [2.45, 2.75) is 18.6 Å². The molecule has 0 bridgehead atoms. The van der Waals surface area contributed by atoms with Crippen LogP contribution in [0.4, 0.5) is 0 Å². The lowest BCUT2D eigenvalue weighted by Crippen LogP contribution is -2.50. The van der Waals surface area contributed by atoms with Crippen molar-refractivity contribution in [3.8, 4) is 0 Å². The Morgan fingerprint density at radius 1 is 1.42 bits per heavy atom. The highest BCUT2D eigenvalue weighted by Gasteiger charge is 2.40. The fraction of sp³-hybridized carbons (Fsp3) is 0.875. The Morgan fingerprint density at radius 3 is 2.67 bits per heavy atom. The van der Waals surface area contributed by atoms with Gasteiger partial charge in [0, 0.05) is 20.6 Å². The molecule has 0 radical (unpaired) electrons. The fourth-order valence-corrected chi connectivity index (χ4v) is 1.18. The van der Waals surface area contributed by atoms with Gasteiger partial charge in [-0.2, -0.15) is 0 Å². The fourth-order valence-electron chi connectivity index (χ4n) is 1.18. The van der Waals surface area contributed by atoms with Crippen molar-refractivity contribution in [2.24, 2.45) is 0 Å². The average molecular weight is 174 g/mol. The lowest BCUT2D eigenvalue weighted by Gasteiger charge is -2.33. The summed E-state index contributed by atoms with van der Waals surface area (Å²) in [5.41, 5.74) is 0. The van der Waals surface area contributed by atoms with Crippen LogP contribution in [0.2, 0.25) is 0 Å². The maximum Gasteiger partial charge on any atom is 0.166 e. The zero-order chi connectivity index (χ0) is 8.97. The molecule has 0 amide bonds. The molecule has 1 rings (SSSR count). The van der Waals surface area contributed by atoms with Crippen molar-refractivity contribution >= 4 is 5.78 Å². The predicted octanol–water partition coefficient (Wildman–Crippen LogP) is 0.00580. The van der Waals surface area contributed by atoms with E-state index in [2.05, 4.69) is 0 Å². The Bertz CT molecular complexity index is 157. The molecule has 2 atom stereocenters. The first-order valence-electron chi connectivity index (χ1n) is 3.95. The van der Waals surface area contributed by atoms with Crippen LogP contribution in [0.1, 0.15) is 6.42 Å². The third-order valence-electron chi connectivity index (χ3n) is 1.93. The van der Waals surface area contributed by atoms with Gasteiger partial charge in [-0.05, 0) is 0 Å². The van der Waals surface area contributed by atoms with Gasteiger partial charge in [0.25, 0.3) is 0 Å². The van der Waals surface area contributed by atoms with Crippen LogP contribution in [0.15, 0.2) is 0 Å². The molecule has 12 heavy (non-hydrogen) atoms. The van der Waals surface area contributed by atoms with Crippen molar-refractivity contribution in [3.05, 3.63) is 0 Å². The van der Waals surface area contributed by atoms with Gasteiger partial charge in [-0.3, -0.25) is 4.79 Å². The van der Waals surface area contributed by atoms with E-state index in [0.29, 0.717) is 19.6 Å². The number of ketones is 1. The molecule has 1 aliphatic carbocycles. The maximum absolute atomic E-state index is 10.9. The van der Waals surface area contributed by atoms with E-state index >= 15 is 0 Å². The van der Waals surface area contributed by atoms with E-state index in [4.69, 9.17) is 14.2 Å². The molecule has 1 fully saturated rings. The van der Waals surface area contributed by atoms with E-state index in [-0.39, 0.29) is 18.0 Å². The van der Waals surface area contributed by atoms with E-state index in [0.717, 1.165) is 0 Å². The lowest BCUT2D eigenvalue weighted by atomic mass is 9.90. The summed E-state index contributed by atoms with van der Waals surface area (Å²) in [6.45, 7) is 1.08.